The van der Waals surface area contributed by atoms with Crippen LogP contribution in [0.15, 0.2) is 34.5 Å². The van der Waals surface area contributed by atoms with Crippen LogP contribution in [0.3, 0.4) is 0 Å². The lowest BCUT2D eigenvalue weighted by molar-refractivity contribution is 0.400. The Kier molecular flexibility index (Phi) is 5.24. The van der Waals surface area contributed by atoms with E-state index < -0.39 is 0 Å². The van der Waals surface area contributed by atoms with Crippen LogP contribution in [-0.4, -0.2) is 47.3 Å². The van der Waals surface area contributed by atoms with Crippen molar-refractivity contribution in [3.05, 3.63) is 24.3 Å². The number of thiocarbonyl (C=S) groups is 1. The minimum absolute atomic E-state index is 0.00430. The van der Waals surface area contributed by atoms with Gasteiger partial charge in [0.1, 0.15) is 0 Å². The first-order chi connectivity index (χ1) is 10.1. The third-order valence-electron chi connectivity index (χ3n) is 2.96. The van der Waals surface area contributed by atoms with Gasteiger partial charge >= 0.3 is 0 Å². The summed E-state index contributed by atoms with van der Waals surface area (Å²) in [6.45, 7) is 1.73. The van der Waals surface area contributed by atoms with Crippen molar-refractivity contribution in [1.29, 1.82) is 0 Å². The zero-order valence-electron chi connectivity index (χ0n) is 12.1. The molecule has 0 saturated heterocycles. The lowest BCUT2D eigenvalue weighted by Crippen LogP contribution is -2.24. The summed E-state index contributed by atoms with van der Waals surface area (Å²) in [5.41, 5.74) is 1.22. The quantitative estimate of drug-likeness (QED) is 0.451. The molecule has 0 aliphatic carbocycles. The fourth-order valence-electron chi connectivity index (χ4n) is 1.94. The molecule has 0 radical (unpaired) electrons. The number of nitrogens with zero attached hydrogens (tertiary/aromatic N) is 3. The Morgan fingerprint density at radius 3 is 2.90 bits per heavy atom. The molecule has 1 aromatic carbocycles. The lowest BCUT2D eigenvalue weighted by Gasteiger charge is -2.09. The van der Waals surface area contributed by atoms with E-state index in [1.54, 1.807) is 0 Å². The number of aromatic hydroxyl groups is 1. The zero-order valence-corrected chi connectivity index (χ0v) is 12.9. The van der Waals surface area contributed by atoms with Crippen LogP contribution < -0.4 is 5.32 Å². The second-order valence-electron chi connectivity index (χ2n) is 4.96. The average molecular weight is 305 g/mol. The second kappa shape index (κ2) is 7.14. The maximum absolute atomic E-state index is 9.84. The first-order valence-corrected chi connectivity index (χ1v) is 7.12. The van der Waals surface area contributed by atoms with E-state index >= 15 is 0 Å². The first kappa shape index (κ1) is 15.4. The summed E-state index contributed by atoms with van der Waals surface area (Å²) in [6.07, 6.45) is 0.973. The smallest absolute Gasteiger partial charge is 0.218 e. The molecule has 0 saturated carbocycles. The molecule has 6 nitrogen and oxygen atoms in total. The maximum atomic E-state index is 9.84. The van der Waals surface area contributed by atoms with Gasteiger partial charge in [0.15, 0.2) is 5.69 Å². The van der Waals surface area contributed by atoms with Gasteiger partial charge in [0.2, 0.25) is 11.0 Å². The fraction of sp³-hybridized carbons (Fsp3) is 0.357. The van der Waals surface area contributed by atoms with Gasteiger partial charge in [0, 0.05) is 11.9 Å². The van der Waals surface area contributed by atoms with Crippen LogP contribution in [0.1, 0.15) is 6.42 Å². The van der Waals surface area contributed by atoms with E-state index in [0.717, 1.165) is 30.4 Å². The monoisotopic (exact) mass is 305 g/mol. The maximum Gasteiger partial charge on any atom is 0.218 e. The normalized spacial score (nSPS) is 11.6. The van der Waals surface area contributed by atoms with Crippen molar-refractivity contribution in [2.45, 2.75) is 6.42 Å². The summed E-state index contributed by atoms with van der Waals surface area (Å²) in [5.74, 6) is -0.00430. The van der Waals surface area contributed by atoms with Gasteiger partial charge in [-0.05, 0) is 45.3 Å². The number of H-pyrrole nitrogens is 1. The zero-order chi connectivity index (χ0) is 15.2. The van der Waals surface area contributed by atoms with Crippen molar-refractivity contribution >= 4 is 33.9 Å². The molecule has 2 aromatic rings. The molecular weight excluding hydrogens is 286 g/mol. The van der Waals surface area contributed by atoms with Crippen LogP contribution in [0.2, 0.25) is 0 Å². The topological polar surface area (TPSA) is 76.0 Å². The van der Waals surface area contributed by atoms with Crippen LogP contribution in [0.25, 0.3) is 10.9 Å². The van der Waals surface area contributed by atoms with E-state index in [-0.39, 0.29) is 5.88 Å². The molecule has 112 valence electrons. The Morgan fingerprint density at radius 2 is 2.14 bits per heavy atom. The molecule has 2 rings (SSSR count). The molecule has 0 fully saturated rings. The van der Waals surface area contributed by atoms with E-state index in [4.69, 9.17) is 12.2 Å². The van der Waals surface area contributed by atoms with Crippen molar-refractivity contribution in [2.24, 2.45) is 10.2 Å². The highest BCUT2D eigenvalue weighted by molar-refractivity contribution is 7.80. The van der Waals surface area contributed by atoms with Crippen molar-refractivity contribution in [1.82, 2.24) is 15.2 Å². The number of para-hydroxylation sites is 1. The van der Waals surface area contributed by atoms with Crippen LogP contribution in [0, 0.1) is 0 Å². The number of benzene rings is 1. The third-order valence-corrected chi connectivity index (χ3v) is 3.18. The van der Waals surface area contributed by atoms with Gasteiger partial charge in [-0.1, -0.05) is 18.2 Å². The number of hydrogen-bond acceptors (Lipinski definition) is 4. The molecule has 0 bridgehead atoms. The second-order valence-corrected chi connectivity index (χ2v) is 5.34. The molecular formula is C14H19N5OS. The summed E-state index contributed by atoms with van der Waals surface area (Å²) in [7, 11) is 4.05. The molecule has 1 heterocycles. The van der Waals surface area contributed by atoms with Crippen LogP contribution in [0.5, 0.6) is 5.88 Å². The molecule has 0 aliphatic heterocycles. The summed E-state index contributed by atoms with van der Waals surface area (Å²) in [6, 6.07) is 7.50. The summed E-state index contributed by atoms with van der Waals surface area (Å²) in [5, 5.41) is 22.0. The first-order valence-electron chi connectivity index (χ1n) is 6.72. The minimum atomic E-state index is -0.00430. The third kappa shape index (κ3) is 4.24. The van der Waals surface area contributed by atoms with E-state index in [0.29, 0.717) is 10.8 Å². The number of aromatic amines is 1. The number of rotatable bonds is 5. The SMILES string of the molecule is CN(C)CCCNC(=S)N=Nc1c(O)[nH]c2ccccc12. The van der Waals surface area contributed by atoms with Gasteiger partial charge in [-0.25, -0.2) is 0 Å². The van der Waals surface area contributed by atoms with Gasteiger partial charge < -0.3 is 20.3 Å². The fourth-order valence-corrected chi connectivity index (χ4v) is 2.08. The van der Waals surface area contributed by atoms with Crippen LogP contribution in [-0.2, 0) is 0 Å². The molecule has 21 heavy (non-hydrogen) atoms. The molecule has 3 N–H and O–H groups in total. The Hall–Kier alpha value is -1.99. The Bertz CT molecular complexity index is 650. The predicted molar refractivity (Wildman–Crippen MR) is 88.3 cm³/mol. The number of aromatic nitrogens is 1. The molecule has 1 aromatic heterocycles. The van der Waals surface area contributed by atoms with Crippen LogP contribution >= 0.6 is 12.2 Å². The van der Waals surface area contributed by atoms with Crippen molar-refractivity contribution in [2.75, 3.05) is 27.2 Å². The number of fused-ring (bicyclic) bond motifs is 1. The Morgan fingerprint density at radius 1 is 1.38 bits per heavy atom. The standard InChI is InChI=1S/C14H19N5OS/c1-19(2)9-5-8-15-14(21)18-17-12-10-6-3-4-7-11(10)16-13(12)20/h3-4,6-7,16,20H,5,8-9H2,1-2H3,(H,15,21). The van der Waals surface area contributed by atoms with Gasteiger partial charge in [0.25, 0.3) is 0 Å². The molecule has 0 spiro atoms. The molecule has 7 heteroatoms. The Labute approximate surface area is 128 Å². The highest BCUT2D eigenvalue weighted by Gasteiger charge is 2.09. The highest BCUT2D eigenvalue weighted by Crippen LogP contribution is 2.35. The van der Waals surface area contributed by atoms with Crippen LogP contribution in [0.4, 0.5) is 5.69 Å². The van der Waals surface area contributed by atoms with Gasteiger partial charge in [0.05, 0.1) is 5.52 Å². The van der Waals surface area contributed by atoms with Crippen molar-refractivity contribution in [3.8, 4) is 5.88 Å². The molecule has 0 unspecified atom stereocenters. The minimum Gasteiger partial charge on any atom is -0.493 e. The van der Waals surface area contributed by atoms with E-state index in [9.17, 15) is 5.11 Å². The van der Waals surface area contributed by atoms with Gasteiger partial charge in [-0.3, -0.25) is 0 Å². The Balaban J connectivity index is 1.96. The largest absolute Gasteiger partial charge is 0.493 e. The van der Waals surface area contributed by atoms with Crippen molar-refractivity contribution < 1.29 is 5.11 Å². The molecule has 0 aliphatic rings. The molecule has 0 atom stereocenters. The summed E-state index contributed by atoms with van der Waals surface area (Å²) < 4.78 is 0. The van der Waals surface area contributed by atoms with Gasteiger partial charge in [-0.2, -0.15) is 0 Å². The average Bonchev–Trinajstić information content (AvgIpc) is 2.76. The van der Waals surface area contributed by atoms with Crippen molar-refractivity contribution in [3.63, 3.8) is 0 Å². The lowest BCUT2D eigenvalue weighted by atomic mass is 10.2. The van der Waals surface area contributed by atoms with Gasteiger partial charge in [-0.15, -0.1) is 10.2 Å². The number of azo groups is 1. The summed E-state index contributed by atoms with van der Waals surface area (Å²) in [4.78, 5) is 4.96. The molecule has 0 amide bonds. The van der Waals surface area contributed by atoms with E-state index in [1.165, 1.54) is 0 Å². The summed E-state index contributed by atoms with van der Waals surface area (Å²) >= 11 is 5.10. The number of nitrogens with one attached hydrogen (secondary N) is 2. The number of hydrogen-bond donors (Lipinski definition) is 3. The highest BCUT2D eigenvalue weighted by atomic mass is 32.1. The van der Waals surface area contributed by atoms with E-state index in [1.807, 2.05) is 38.4 Å². The predicted octanol–water partition coefficient (Wildman–Crippen LogP) is 2.78. The van der Waals surface area contributed by atoms with E-state index in [2.05, 4.69) is 25.4 Å².